The van der Waals surface area contributed by atoms with Gasteiger partial charge in [-0.15, -0.1) is 4.52 Å². The fourth-order valence-electron chi connectivity index (χ4n) is 10.4. The van der Waals surface area contributed by atoms with E-state index in [-0.39, 0.29) is 47.8 Å². The van der Waals surface area contributed by atoms with Crippen molar-refractivity contribution in [1.29, 1.82) is 0 Å². The molecule has 1 amide bonds. The van der Waals surface area contributed by atoms with Crippen LogP contribution < -0.4 is 31.6 Å². The van der Waals surface area contributed by atoms with Gasteiger partial charge in [0.2, 0.25) is 5.95 Å². The molecule has 0 aliphatic carbocycles. The minimum atomic E-state index is -2.83. The summed E-state index contributed by atoms with van der Waals surface area (Å²) < 4.78 is 75.7. The predicted molar refractivity (Wildman–Crippen MR) is 323 cm³/mol. The van der Waals surface area contributed by atoms with Gasteiger partial charge in [-0.1, -0.05) is 126 Å². The lowest BCUT2D eigenvalue weighted by atomic mass is 9.80. The van der Waals surface area contributed by atoms with Gasteiger partial charge in [0.15, 0.2) is 56.9 Å². The molecule has 460 valence electrons. The van der Waals surface area contributed by atoms with Gasteiger partial charge in [-0.05, 0) is 76.5 Å². The summed E-state index contributed by atoms with van der Waals surface area (Å²) in [5.74, 6) is -2.00. The van der Waals surface area contributed by atoms with Gasteiger partial charge in [0.05, 0.1) is 32.1 Å². The Hall–Kier alpha value is -7.96. The molecule has 2 aliphatic rings. The number of amides is 1. The average Bonchev–Trinajstić information content (AvgIpc) is 1.90. The van der Waals surface area contributed by atoms with Crippen molar-refractivity contribution in [3.05, 3.63) is 182 Å². The summed E-state index contributed by atoms with van der Waals surface area (Å²) in [6.07, 6.45) is -5.51. The maximum absolute atomic E-state index is 15.1. The van der Waals surface area contributed by atoms with Crippen molar-refractivity contribution in [1.82, 2.24) is 29.1 Å². The molecule has 2 fully saturated rings. The number of nitrogens with zero attached hydrogens (tertiary/aromatic N) is 4. The minimum absolute atomic E-state index is 0.0186. The van der Waals surface area contributed by atoms with Crippen molar-refractivity contribution in [3.63, 3.8) is 0 Å². The first-order valence-electron chi connectivity index (χ1n) is 28.8. The SMILES string of the molecule is CCCC(=O)O[C@@H]1[C@H](OC(=O)CCC)[C@@H](CO[P+](=O)C[C@H]2[C@@H](O[Si](C)(C)C(C)(C)C)[C@H](n3ccc(=O)[nH]c3=O)O[C@@H]2COC(c2ccccc2)(c2ccccc2)c2ccc(OC)cc2)O[C@H]1n1cnc2c(=O)[nH]c(NC(=O)COc3ccccc3)nc21. The number of hydrogen-bond acceptors (Lipinski definition) is 18. The molecule has 9 rings (SSSR count). The number of carbonyl (C=O) groups is 3. The molecule has 0 radical (unpaired) electrons. The zero-order valence-electron chi connectivity index (χ0n) is 49.7. The van der Waals surface area contributed by atoms with Gasteiger partial charge < -0.3 is 37.6 Å². The van der Waals surface area contributed by atoms with Crippen molar-refractivity contribution < 1.29 is 61.1 Å². The molecule has 4 aromatic carbocycles. The Labute approximate surface area is 504 Å². The highest BCUT2D eigenvalue weighted by atomic mass is 31.1. The number of H-pyrrole nitrogens is 2. The molecule has 3 aromatic heterocycles. The second kappa shape index (κ2) is 27.8. The predicted octanol–water partition coefficient (Wildman–Crippen LogP) is 8.69. The number of aromatic amines is 2. The molecule has 0 bridgehead atoms. The number of imidazole rings is 1. The number of fused-ring (bicyclic) bond motifs is 1. The first-order valence-corrected chi connectivity index (χ1v) is 33.1. The lowest BCUT2D eigenvalue weighted by molar-refractivity contribution is -0.168. The Morgan fingerprint density at radius 3 is 1.90 bits per heavy atom. The summed E-state index contributed by atoms with van der Waals surface area (Å²) in [5.41, 5.74) is -1.37. The van der Waals surface area contributed by atoms with E-state index < -0.39 is 119 Å². The number of carbonyl (C=O) groups excluding carboxylic acids is 3. The first-order chi connectivity index (χ1) is 41.7. The number of hydrogen-bond donors (Lipinski definition) is 3. The van der Waals surface area contributed by atoms with Crippen molar-refractivity contribution >= 4 is 51.3 Å². The fourth-order valence-corrected chi connectivity index (χ4v) is 12.9. The van der Waals surface area contributed by atoms with Gasteiger partial charge in [0.1, 0.15) is 35.9 Å². The third-order valence-electron chi connectivity index (χ3n) is 15.7. The van der Waals surface area contributed by atoms with Crippen LogP contribution in [0.2, 0.25) is 18.1 Å². The summed E-state index contributed by atoms with van der Waals surface area (Å²) in [5, 5.41) is 2.15. The van der Waals surface area contributed by atoms with E-state index >= 15 is 4.57 Å². The number of aromatic nitrogens is 6. The maximum Gasteiger partial charge on any atom is 0.508 e. The summed E-state index contributed by atoms with van der Waals surface area (Å²) in [4.78, 5) is 93.9. The summed E-state index contributed by atoms with van der Waals surface area (Å²) in [6.45, 7) is 12.7. The van der Waals surface area contributed by atoms with Gasteiger partial charge in [0, 0.05) is 25.1 Å². The number of esters is 2. The number of rotatable bonds is 26. The summed E-state index contributed by atoms with van der Waals surface area (Å²) >= 11 is 0. The Bertz CT molecular complexity index is 3650. The van der Waals surface area contributed by atoms with E-state index in [0.29, 0.717) is 24.3 Å². The van der Waals surface area contributed by atoms with E-state index in [0.717, 1.165) is 16.7 Å². The van der Waals surface area contributed by atoms with E-state index in [1.165, 1.54) is 27.7 Å². The Kier molecular flexibility index (Phi) is 20.3. The number of anilines is 1. The smallest absolute Gasteiger partial charge is 0.497 e. The van der Waals surface area contributed by atoms with Crippen molar-refractivity contribution in [2.45, 2.75) is 127 Å². The Morgan fingerprint density at radius 2 is 1.30 bits per heavy atom. The second-order valence-corrected chi connectivity index (χ2v) is 28.8. The van der Waals surface area contributed by atoms with E-state index in [2.05, 4.69) is 46.0 Å². The largest absolute Gasteiger partial charge is 0.508 e. The average molecular weight is 1230 g/mol. The van der Waals surface area contributed by atoms with Crippen LogP contribution in [-0.2, 0) is 57.2 Å². The van der Waals surface area contributed by atoms with Gasteiger partial charge in [-0.3, -0.25) is 48.4 Å². The van der Waals surface area contributed by atoms with Gasteiger partial charge in [-0.2, -0.15) is 4.98 Å². The third kappa shape index (κ3) is 14.6. The van der Waals surface area contributed by atoms with Gasteiger partial charge >= 0.3 is 25.7 Å². The summed E-state index contributed by atoms with van der Waals surface area (Å²) in [7, 11) is -4.03. The molecule has 2 saturated heterocycles. The molecule has 25 heteroatoms. The van der Waals surface area contributed by atoms with Crippen LogP contribution in [0.3, 0.4) is 0 Å². The van der Waals surface area contributed by atoms with Crippen LogP contribution in [0.15, 0.2) is 148 Å². The Morgan fingerprint density at radius 1 is 0.713 bits per heavy atom. The lowest BCUT2D eigenvalue weighted by Crippen LogP contribution is -2.49. The highest BCUT2D eigenvalue weighted by Crippen LogP contribution is 2.49. The zero-order chi connectivity index (χ0) is 62.0. The molecule has 9 atom stereocenters. The third-order valence-corrected chi connectivity index (χ3v) is 21.4. The van der Waals surface area contributed by atoms with E-state index in [4.69, 9.17) is 42.1 Å². The fraction of sp³-hybridized carbons (Fsp3) is 0.419. The molecule has 3 N–H and O–H groups in total. The molecule has 23 nitrogen and oxygen atoms in total. The van der Waals surface area contributed by atoms with Crippen LogP contribution in [0, 0.1) is 5.92 Å². The van der Waals surface area contributed by atoms with Crippen molar-refractivity contribution in [2.75, 3.05) is 38.4 Å². The normalized spacial score (nSPS) is 20.7. The first kappa shape index (κ1) is 63.5. The zero-order valence-corrected chi connectivity index (χ0v) is 51.6. The highest BCUT2D eigenvalue weighted by Gasteiger charge is 2.56. The molecular formula is C62H73N7O16PSi+. The van der Waals surface area contributed by atoms with Crippen LogP contribution in [0.1, 0.15) is 89.4 Å². The molecule has 0 spiro atoms. The topological polar surface area (TPSA) is 282 Å². The molecule has 0 saturated carbocycles. The van der Waals surface area contributed by atoms with Crippen molar-refractivity contribution in [3.8, 4) is 11.5 Å². The molecular weight excluding hydrogens is 1160 g/mol. The second-order valence-electron chi connectivity index (χ2n) is 22.7. The number of nitrogens with one attached hydrogen (secondary N) is 3. The quantitative estimate of drug-likeness (QED) is 0.0198. The standard InChI is InChI=1S/C62H72N7O16PSi/c1-9-20-49(72)83-53-46(82-58(54(53)84-50(73)21-10-2)69-38-63-51-55(69)66-59(67-56(51)74)64-48(71)36-78-43-26-18-13-19-27-43)35-80-86(76)37-44-45(81-57(68-33-32-47(70)65-60(68)75)52(44)85-87(7,8)61(3,4)5)34-79-62(39-22-14-11-15-23-39,40-24-16-12-17-25-40)41-28-30-42(77-6)31-29-41/h11-19,22-33,38,44-46,52-54,57-58H,9-10,20-21,34-37H2,1-8H3,(H2-,64,65,66,67,70,71,74,75)/p+1/t44-,45-,46-,52-,53-,54-,57-,58-/m1/s1. The van der Waals surface area contributed by atoms with Crippen LogP contribution in [0.4, 0.5) is 5.95 Å². The van der Waals surface area contributed by atoms with E-state index in [9.17, 15) is 28.8 Å². The van der Waals surface area contributed by atoms with Crippen molar-refractivity contribution in [2.24, 2.45) is 5.92 Å². The van der Waals surface area contributed by atoms with Crippen LogP contribution in [-0.4, -0.2) is 119 Å². The van der Waals surface area contributed by atoms with E-state index in [1.54, 1.807) is 51.3 Å². The van der Waals surface area contributed by atoms with Crippen LogP contribution >= 0.6 is 8.03 Å². The molecule has 87 heavy (non-hydrogen) atoms. The monoisotopic (exact) mass is 1230 g/mol. The van der Waals surface area contributed by atoms with Crippen LogP contribution in [0.5, 0.6) is 11.5 Å². The molecule has 2 aliphatic heterocycles. The number of methoxy groups -OCH3 is 1. The van der Waals surface area contributed by atoms with E-state index in [1.807, 2.05) is 98.0 Å². The molecule has 7 aromatic rings. The number of ether oxygens (including phenoxy) is 7. The lowest BCUT2D eigenvalue weighted by Gasteiger charge is -2.40. The Balaban J connectivity index is 1.07. The van der Waals surface area contributed by atoms with Gasteiger partial charge in [-0.25, -0.2) is 9.78 Å². The highest BCUT2D eigenvalue weighted by molar-refractivity contribution is 7.39. The van der Waals surface area contributed by atoms with Crippen LogP contribution in [0.25, 0.3) is 11.2 Å². The maximum atomic E-state index is 15.1. The van der Waals surface area contributed by atoms with Gasteiger partial charge in [0.25, 0.3) is 17.0 Å². The molecule has 1 unspecified atom stereocenters. The minimum Gasteiger partial charge on any atom is -0.497 e. The molecule has 5 heterocycles. The number of para-hydroxylation sites is 1. The summed E-state index contributed by atoms with van der Waals surface area (Å²) in [6, 6.07) is 36.7. The number of benzene rings is 4.